The number of thiophene rings is 1. The van der Waals surface area contributed by atoms with Crippen LogP contribution < -0.4 is 0 Å². The first-order valence-corrected chi connectivity index (χ1v) is 10.8. The van der Waals surface area contributed by atoms with E-state index in [0.717, 1.165) is 10.6 Å². The van der Waals surface area contributed by atoms with Gasteiger partial charge in [-0.1, -0.05) is 24.3 Å². The number of ketones is 1. The van der Waals surface area contributed by atoms with Crippen LogP contribution >= 0.6 is 11.3 Å². The Kier molecular flexibility index (Phi) is 5.75. The summed E-state index contributed by atoms with van der Waals surface area (Å²) in [5, 5.41) is 17.5. The second-order valence-electron chi connectivity index (χ2n) is 7.70. The standard InChI is InChI=1S/C23H24N4O3S/c1-15-17(14-24-27(15)16-8-5-4-6-9-16)21(28)19-20(18-10-7-13-31-18)26(12-11-25(2)3)23(30)22(19)29/h4-10,13-14,20,28H,11-12H2,1-3H3/b21-19+/t20-/m0/s1. The lowest BCUT2D eigenvalue weighted by atomic mass is 10.00. The summed E-state index contributed by atoms with van der Waals surface area (Å²) in [4.78, 5) is 30.3. The van der Waals surface area contributed by atoms with Crippen LogP contribution in [0.25, 0.3) is 11.4 Å². The minimum absolute atomic E-state index is 0.113. The number of aliphatic hydroxyl groups is 1. The number of carbonyl (C=O) groups is 2. The molecule has 1 amide bonds. The van der Waals surface area contributed by atoms with E-state index in [9.17, 15) is 14.7 Å². The summed E-state index contributed by atoms with van der Waals surface area (Å²) in [6.07, 6.45) is 1.54. The number of benzene rings is 1. The van der Waals surface area contributed by atoms with Crippen molar-refractivity contribution in [2.75, 3.05) is 27.2 Å². The SMILES string of the molecule is Cc1c(/C(O)=C2\C(=O)C(=O)N(CCN(C)C)[C@H]2c2cccs2)cnn1-c1ccccc1. The molecular weight excluding hydrogens is 412 g/mol. The van der Waals surface area contributed by atoms with Crippen molar-refractivity contribution >= 4 is 28.8 Å². The molecule has 1 N–H and O–H groups in total. The number of amides is 1. The van der Waals surface area contributed by atoms with Crippen LogP contribution in [0.15, 0.2) is 59.6 Å². The van der Waals surface area contributed by atoms with Gasteiger partial charge in [-0.15, -0.1) is 11.3 Å². The Hall–Kier alpha value is -3.23. The lowest BCUT2D eigenvalue weighted by molar-refractivity contribution is -0.140. The largest absolute Gasteiger partial charge is 0.507 e. The Morgan fingerprint density at radius 2 is 1.90 bits per heavy atom. The number of Topliss-reactive ketones (excluding diaryl/α,β-unsaturated/α-hetero) is 1. The van der Waals surface area contributed by atoms with E-state index >= 15 is 0 Å². The monoisotopic (exact) mass is 436 g/mol. The highest BCUT2D eigenvalue weighted by atomic mass is 32.1. The van der Waals surface area contributed by atoms with E-state index in [-0.39, 0.29) is 11.3 Å². The molecule has 2 aromatic heterocycles. The van der Waals surface area contributed by atoms with Crippen LogP contribution in [0.4, 0.5) is 0 Å². The molecule has 1 atom stereocenters. The maximum Gasteiger partial charge on any atom is 0.295 e. The number of likely N-dealkylation sites (tertiary alicyclic amines) is 1. The van der Waals surface area contributed by atoms with Crippen LogP contribution in [0.1, 0.15) is 22.2 Å². The zero-order valence-electron chi connectivity index (χ0n) is 17.6. The van der Waals surface area contributed by atoms with Crippen molar-refractivity contribution in [3.05, 3.63) is 75.7 Å². The van der Waals surface area contributed by atoms with E-state index in [1.807, 2.05) is 73.8 Å². The molecule has 1 aliphatic rings. The van der Waals surface area contributed by atoms with Gasteiger partial charge in [0.05, 0.1) is 34.8 Å². The summed E-state index contributed by atoms with van der Waals surface area (Å²) in [5.74, 6) is -1.44. The van der Waals surface area contributed by atoms with Gasteiger partial charge >= 0.3 is 0 Å². The van der Waals surface area contributed by atoms with Gasteiger partial charge in [0.25, 0.3) is 11.7 Å². The van der Waals surface area contributed by atoms with E-state index in [1.54, 1.807) is 9.58 Å². The fraction of sp³-hybridized carbons (Fsp3) is 0.261. The molecule has 3 heterocycles. The van der Waals surface area contributed by atoms with Gasteiger partial charge in [-0.3, -0.25) is 9.59 Å². The molecule has 0 aliphatic carbocycles. The topological polar surface area (TPSA) is 78.7 Å². The molecule has 0 radical (unpaired) electrons. The van der Waals surface area contributed by atoms with Gasteiger partial charge in [0, 0.05) is 18.0 Å². The predicted octanol–water partition coefficient (Wildman–Crippen LogP) is 3.23. The third-order valence-electron chi connectivity index (χ3n) is 5.41. The molecule has 1 aromatic carbocycles. The second-order valence-corrected chi connectivity index (χ2v) is 8.68. The minimum Gasteiger partial charge on any atom is -0.507 e. The zero-order chi connectivity index (χ0) is 22.1. The first-order valence-electron chi connectivity index (χ1n) is 9.97. The molecular formula is C23H24N4O3S. The summed E-state index contributed by atoms with van der Waals surface area (Å²) in [6, 6.07) is 12.7. The Labute approximate surface area is 184 Å². The predicted molar refractivity (Wildman–Crippen MR) is 120 cm³/mol. The molecule has 0 saturated carbocycles. The smallest absolute Gasteiger partial charge is 0.295 e. The number of aliphatic hydroxyl groups excluding tert-OH is 1. The van der Waals surface area contributed by atoms with Gasteiger partial charge in [0.15, 0.2) is 0 Å². The third-order valence-corrected chi connectivity index (χ3v) is 6.33. The fourth-order valence-corrected chi connectivity index (χ4v) is 4.62. The van der Waals surface area contributed by atoms with Crippen molar-refractivity contribution in [3.63, 3.8) is 0 Å². The maximum atomic E-state index is 13.0. The number of hydrogen-bond donors (Lipinski definition) is 1. The molecule has 7 nitrogen and oxygen atoms in total. The highest BCUT2D eigenvalue weighted by molar-refractivity contribution is 7.10. The number of hydrogen-bond acceptors (Lipinski definition) is 6. The molecule has 8 heteroatoms. The average molecular weight is 437 g/mol. The van der Waals surface area contributed by atoms with Crippen LogP contribution in [-0.2, 0) is 9.59 Å². The quantitative estimate of drug-likeness (QED) is 0.365. The van der Waals surface area contributed by atoms with Crippen LogP contribution in [-0.4, -0.2) is 63.6 Å². The van der Waals surface area contributed by atoms with Gasteiger partial charge in [-0.2, -0.15) is 5.10 Å². The summed E-state index contributed by atoms with van der Waals surface area (Å²) >= 11 is 1.46. The van der Waals surface area contributed by atoms with Crippen molar-refractivity contribution in [1.29, 1.82) is 0 Å². The number of para-hydroxylation sites is 1. The highest BCUT2D eigenvalue weighted by Gasteiger charge is 2.46. The van der Waals surface area contributed by atoms with Crippen molar-refractivity contribution in [2.45, 2.75) is 13.0 Å². The summed E-state index contributed by atoms with van der Waals surface area (Å²) in [7, 11) is 3.83. The van der Waals surface area contributed by atoms with Crippen molar-refractivity contribution < 1.29 is 14.7 Å². The molecule has 0 spiro atoms. The van der Waals surface area contributed by atoms with Crippen LogP contribution in [0.3, 0.4) is 0 Å². The van der Waals surface area contributed by atoms with Gasteiger partial charge in [-0.05, 0) is 44.6 Å². The van der Waals surface area contributed by atoms with E-state index in [0.29, 0.717) is 24.3 Å². The maximum absolute atomic E-state index is 13.0. The van der Waals surface area contributed by atoms with Crippen molar-refractivity contribution in [1.82, 2.24) is 19.6 Å². The minimum atomic E-state index is -0.665. The summed E-state index contributed by atoms with van der Waals surface area (Å²) in [6.45, 7) is 2.83. The molecule has 1 fully saturated rings. The number of carbonyl (C=O) groups excluding carboxylic acids is 2. The van der Waals surface area contributed by atoms with Crippen LogP contribution in [0.5, 0.6) is 0 Å². The van der Waals surface area contributed by atoms with Gasteiger partial charge in [0.2, 0.25) is 0 Å². The second kappa shape index (κ2) is 8.49. The third kappa shape index (κ3) is 3.80. The number of rotatable bonds is 6. The zero-order valence-corrected chi connectivity index (χ0v) is 18.5. The van der Waals surface area contributed by atoms with E-state index in [2.05, 4.69) is 5.10 Å². The molecule has 160 valence electrons. The van der Waals surface area contributed by atoms with E-state index in [1.165, 1.54) is 17.5 Å². The number of aromatic nitrogens is 2. The number of likely N-dealkylation sites (N-methyl/N-ethyl adjacent to an activating group) is 1. The average Bonchev–Trinajstić information content (AvgIpc) is 3.47. The lowest BCUT2D eigenvalue weighted by Crippen LogP contribution is -2.35. The Morgan fingerprint density at radius 3 is 2.55 bits per heavy atom. The number of nitrogens with zero attached hydrogens (tertiary/aromatic N) is 4. The Balaban J connectivity index is 1.81. The first-order chi connectivity index (χ1) is 14.9. The van der Waals surface area contributed by atoms with Gasteiger partial charge < -0.3 is 14.9 Å². The van der Waals surface area contributed by atoms with Gasteiger partial charge in [-0.25, -0.2) is 4.68 Å². The highest BCUT2D eigenvalue weighted by Crippen LogP contribution is 2.41. The molecule has 1 saturated heterocycles. The Morgan fingerprint density at radius 1 is 1.16 bits per heavy atom. The molecule has 1 aliphatic heterocycles. The van der Waals surface area contributed by atoms with Crippen LogP contribution in [0.2, 0.25) is 0 Å². The first kappa shape index (κ1) is 21.0. The summed E-state index contributed by atoms with van der Waals surface area (Å²) in [5.41, 5.74) is 2.09. The normalized spacial score (nSPS) is 18.3. The van der Waals surface area contributed by atoms with Crippen LogP contribution in [0, 0.1) is 6.92 Å². The molecule has 31 heavy (non-hydrogen) atoms. The van der Waals surface area contributed by atoms with E-state index in [4.69, 9.17) is 0 Å². The van der Waals surface area contributed by atoms with E-state index < -0.39 is 17.7 Å². The van der Waals surface area contributed by atoms with Crippen molar-refractivity contribution in [2.24, 2.45) is 0 Å². The Bertz CT molecular complexity index is 1130. The van der Waals surface area contributed by atoms with Crippen molar-refractivity contribution in [3.8, 4) is 5.69 Å². The summed E-state index contributed by atoms with van der Waals surface area (Å²) < 4.78 is 1.71. The van der Waals surface area contributed by atoms with Gasteiger partial charge in [0.1, 0.15) is 5.76 Å². The lowest BCUT2D eigenvalue weighted by Gasteiger charge is -2.25. The molecule has 0 bridgehead atoms. The molecule has 0 unspecified atom stereocenters. The molecule has 3 aromatic rings. The fourth-order valence-electron chi connectivity index (χ4n) is 3.78. The molecule has 4 rings (SSSR count).